The molecule has 1 heterocycles. The molecule has 10 heteroatoms. The average Bonchev–Trinajstić information content (AvgIpc) is 3.26. The molecule has 0 fully saturated rings. The maximum atomic E-state index is 13.4. The number of rotatable bonds is 11. The van der Waals surface area contributed by atoms with Crippen molar-refractivity contribution in [2.75, 3.05) is 19.9 Å². The van der Waals surface area contributed by atoms with Crippen molar-refractivity contribution in [2.24, 2.45) is 0 Å². The van der Waals surface area contributed by atoms with Gasteiger partial charge in [0, 0.05) is 18.7 Å². The van der Waals surface area contributed by atoms with Crippen LogP contribution in [0.2, 0.25) is 5.02 Å². The van der Waals surface area contributed by atoms with Crippen molar-refractivity contribution in [3.05, 3.63) is 65.5 Å². The Morgan fingerprint density at radius 3 is 2.76 bits per heavy atom. The number of carbonyl (C=O) groups excluding carboxylic acids is 2. The zero-order valence-electron chi connectivity index (χ0n) is 17.7. The largest absolute Gasteiger partial charge is 0.484 e. The first-order chi connectivity index (χ1) is 15.8. The Hall–Kier alpha value is -3.30. The van der Waals surface area contributed by atoms with Crippen molar-refractivity contribution < 1.29 is 33.3 Å². The van der Waals surface area contributed by atoms with E-state index in [0.29, 0.717) is 11.5 Å². The summed E-state index contributed by atoms with van der Waals surface area (Å²) < 4.78 is 29.2. The summed E-state index contributed by atoms with van der Waals surface area (Å²) in [5.74, 6) is -0.00690. The fourth-order valence-electron chi connectivity index (χ4n) is 3.08. The number of halogens is 2. The van der Waals surface area contributed by atoms with Crippen LogP contribution in [0.5, 0.6) is 17.2 Å². The van der Waals surface area contributed by atoms with E-state index < -0.39 is 23.9 Å². The molecule has 3 rings (SSSR count). The van der Waals surface area contributed by atoms with Crippen LogP contribution in [-0.4, -0.2) is 49.0 Å². The summed E-state index contributed by atoms with van der Waals surface area (Å²) in [6.45, 7) is 3.45. The zero-order valence-corrected chi connectivity index (χ0v) is 18.4. The molecule has 33 heavy (non-hydrogen) atoms. The smallest absolute Gasteiger partial charge is 0.258 e. The number of aliphatic hydroxyl groups excluding tert-OH is 1. The third-order valence-corrected chi connectivity index (χ3v) is 5.06. The Morgan fingerprint density at radius 2 is 2.00 bits per heavy atom. The molecule has 2 aromatic carbocycles. The highest BCUT2D eigenvalue weighted by molar-refractivity contribution is 6.30. The van der Waals surface area contributed by atoms with Crippen molar-refractivity contribution >= 4 is 23.4 Å². The van der Waals surface area contributed by atoms with E-state index in [4.69, 9.17) is 25.8 Å². The summed E-state index contributed by atoms with van der Waals surface area (Å²) in [7, 11) is 0. The van der Waals surface area contributed by atoms with Gasteiger partial charge in [-0.15, -0.1) is 6.58 Å². The van der Waals surface area contributed by atoms with Crippen LogP contribution in [0.3, 0.4) is 0 Å². The quantitative estimate of drug-likeness (QED) is 0.428. The van der Waals surface area contributed by atoms with Crippen LogP contribution >= 0.6 is 11.6 Å². The second kappa shape index (κ2) is 11.5. The Labute approximate surface area is 195 Å². The van der Waals surface area contributed by atoms with Crippen LogP contribution in [0.25, 0.3) is 0 Å². The molecule has 0 bridgehead atoms. The zero-order chi connectivity index (χ0) is 23.8. The molecule has 176 valence electrons. The van der Waals surface area contributed by atoms with Gasteiger partial charge in [-0.2, -0.15) is 0 Å². The van der Waals surface area contributed by atoms with E-state index in [9.17, 15) is 19.1 Å². The van der Waals surface area contributed by atoms with E-state index in [0.717, 1.165) is 11.6 Å². The third kappa shape index (κ3) is 7.37. The minimum absolute atomic E-state index is 0.00411. The molecular formula is C23H24ClFN2O6. The SMILES string of the molecule is C=CC(CC(O)CNC(=O)Cc1ccc2c(c1)OCO2)NC(=O)COc1ccc(Cl)c(F)c1. The van der Waals surface area contributed by atoms with Gasteiger partial charge < -0.3 is 30.0 Å². The lowest BCUT2D eigenvalue weighted by atomic mass is 10.1. The highest BCUT2D eigenvalue weighted by Gasteiger charge is 2.17. The van der Waals surface area contributed by atoms with Crippen LogP contribution < -0.4 is 24.8 Å². The molecule has 1 aliphatic heterocycles. The molecule has 2 amide bonds. The third-order valence-electron chi connectivity index (χ3n) is 4.75. The van der Waals surface area contributed by atoms with Gasteiger partial charge >= 0.3 is 0 Å². The summed E-state index contributed by atoms with van der Waals surface area (Å²) in [6.07, 6.45) is 0.806. The average molecular weight is 479 g/mol. The van der Waals surface area contributed by atoms with Crippen molar-refractivity contribution in [1.82, 2.24) is 10.6 Å². The number of benzene rings is 2. The number of ether oxygens (including phenoxy) is 3. The summed E-state index contributed by atoms with van der Waals surface area (Å²) in [5.41, 5.74) is 0.753. The number of hydrogen-bond acceptors (Lipinski definition) is 6. The maximum absolute atomic E-state index is 13.4. The first-order valence-electron chi connectivity index (χ1n) is 10.2. The van der Waals surface area contributed by atoms with Crippen molar-refractivity contribution in [2.45, 2.75) is 25.0 Å². The van der Waals surface area contributed by atoms with Gasteiger partial charge in [-0.1, -0.05) is 23.7 Å². The van der Waals surface area contributed by atoms with E-state index >= 15 is 0 Å². The van der Waals surface area contributed by atoms with E-state index in [1.807, 2.05) is 0 Å². The van der Waals surface area contributed by atoms with Gasteiger partial charge in [-0.05, 0) is 36.2 Å². The number of amides is 2. The number of carbonyl (C=O) groups is 2. The minimum atomic E-state index is -0.916. The lowest BCUT2D eigenvalue weighted by Crippen LogP contribution is -2.41. The van der Waals surface area contributed by atoms with Gasteiger partial charge in [-0.3, -0.25) is 9.59 Å². The standard InChI is InChI=1S/C23H24ClFN2O6/c1-2-15(27-23(30)12-31-17-4-5-18(24)19(25)10-17)9-16(28)11-26-22(29)8-14-3-6-20-21(7-14)33-13-32-20/h2-7,10,15-16,28H,1,8-9,11-13H2,(H,26,29)(H,27,30). The molecule has 0 saturated heterocycles. The van der Waals surface area contributed by atoms with Crippen LogP contribution in [0, 0.1) is 5.82 Å². The topological polar surface area (TPSA) is 106 Å². The highest BCUT2D eigenvalue weighted by atomic mass is 35.5. The number of fused-ring (bicyclic) bond motifs is 1. The van der Waals surface area contributed by atoms with Crippen molar-refractivity contribution in [1.29, 1.82) is 0 Å². The minimum Gasteiger partial charge on any atom is -0.484 e. The van der Waals surface area contributed by atoms with E-state index in [2.05, 4.69) is 17.2 Å². The number of aliphatic hydroxyl groups is 1. The first-order valence-corrected chi connectivity index (χ1v) is 10.5. The van der Waals surface area contributed by atoms with Gasteiger partial charge in [0.1, 0.15) is 11.6 Å². The van der Waals surface area contributed by atoms with Crippen molar-refractivity contribution in [3.63, 3.8) is 0 Å². The van der Waals surface area contributed by atoms with Gasteiger partial charge in [0.25, 0.3) is 5.91 Å². The molecule has 0 saturated carbocycles. The normalized spacial score (nSPS) is 13.7. The van der Waals surface area contributed by atoms with Crippen LogP contribution in [-0.2, 0) is 16.0 Å². The molecule has 0 aliphatic carbocycles. The number of hydrogen-bond donors (Lipinski definition) is 3. The first kappa shape index (κ1) is 24.3. The molecule has 2 unspecified atom stereocenters. The summed E-state index contributed by atoms with van der Waals surface area (Å²) in [4.78, 5) is 24.3. The Kier molecular flexibility index (Phi) is 8.51. The Balaban J connectivity index is 1.38. The van der Waals surface area contributed by atoms with E-state index in [-0.39, 0.29) is 49.5 Å². The summed E-state index contributed by atoms with van der Waals surface area (Å²) >= 11 is 5.60. The molecule has 1 aliphatic rings. The van der Waals surface area contributed by atoms with E-state index in [1.165, 1.54) is 18.2 Å². The van der Waals surface area contributed by atoms with Gasteiger partial charge in [0.2, 0.25) is 12.7 Å². The Bertz CT molecular complexity index is 1020. The van der Waals surface area contributed by atoms with Gasteiger partial charge in [0.15, 0.2) is 18.1 Å². The molecule has 0 radical (unpaired) electrons. The van der Waals surface area contributed by atoms with Crippen LogP contribution in [0.1, 0.15) is 12.0 Å². The second-order valence-corrected chi connectivity index (χ2v) is 7.74. The maximum Gasteiger partial charge on any atom is 0.258 e. The van der Waals surface area contributed by atoms with E-state index in [1.54, 1.807) is 18.2 Å². The molecule has 3 N–H and O–H groups in total. The lowest BCUT2D eigenvalue weighted by Gasteiger charge is -2.19. The van der Waals surface area contributed by atoms with Gasteiger partial charge in [-0.25, -0.2) is 4.39 Å². The van der Waals surface area contributed by atoms with Crippen LogP contribution in [0.4, 0.5) is 4.39 Å². The number of nitrogens with one attached hydrogen (secondary N) is 2. The molecule has 8 nitrogen and oxygen atoms in total. The second-order valence-electron chi connectivity index (χ2n) is 7.33. The predicted molar refractivity (Wildman–Crippen MR) is 119 cm³/mol. The summed E-state index contributed by atoms with van der Waals surface area (Å²) in [5, 5.41) is 15.5. The van der Waals surface area contributed by atoms with Crippen LogP contribution in [0.15, 0.2) is 49.1 Å². The molecule has 2 aromatic rings. The monoisotopic (exact) mass is 478 g/mol. The van der Waals surface area contributed by atoms with Gasteiger partial charge in [0.05, 0.1) is 17.5 Å². The summed E-state index contributed by atoms with van der Waals surface area (Å²) in [6, 6.07) is 8.55. The fraction of sp³-hybridized carbons (Fsp3) is 0.304. The molecular weight excluding hydrogens is 455 g/mol. The van der Waals surface area contributed by atoms with Crippen molar-refractivity contribution in [3.8, 4) is 17.2 Å². The lowest BCUT2D eigenvalue weighted by molar-refractivity contribution is -0.124. The Morgan fingerprint density at radius 1 is 1.21 bits per heavy atom. The molecule has 0 aromatic heterocycles. The molecule has 2 atom stereocenters. The highest BCUT2D eigenvalue weighted by Crippen LogP contribution is 2.32. The fourth-order valence-corrected chi connectivity index (χ4v) is 3.20. The molecule has 0 spiro atoms. The predicted octanol–water partition coefficient (Wildman–Crippen LogP) is 2.37.